The molecule has 0 bridgehead atoms. The number of nitrogens with one attached hydrogen (secondary N) is 1. The van der Waals surface area contributed by atoms with E-state index in [1.165, 1.54) is 0 Å². The van der Waals surface area contributed by atoms with Crippen LogP contribution >= 0.6 is 11.6 Å². The monoisotopic (exact) mass is 257 g/mol. The van der Waals surface area contributed by atoms with Crippen LogP contribution in [-0.2, 0) is 6.54 Å². The lowest BCUT2D eigenvalue weighted by Crippen LogP contribution is -2.50. The van der Waals surface area contributed by atoms with E-state index in [-0.39, 0.29) is 10.8 Å². The summed E-state index contributed by atoms with van der Waals surface area (Å²) in [6.45, 7) is 4.46. The van der Waals surface area contributed by atoms with E-state index >= 15 is 0 Å². The van der Waals surface area contributed by atoms with Crippen molar-refractivity contribution in [2.45, 2.75) is 6.54 Å². The van der Waals surface area contributed by atoms with E-state index in [1.54, 1.807) is 18.2 Å². The highest BCUT2D eigenvalue weighted by Crippen LogP contribution is 2.17. The van der Waals surface area contributed by atoms with Gasteiger partial charge in [-0.15, -0.1) is 0 Å². The summed E-state index contributed by atoms with van der Waals surface area (Å²) in [7, 11) is 2.11. The molecule has 0 aliphatic carbocycles. The van der Waals surface area contributed by atoms with Gasteiger partial charge in [0.1, 0.15) is 5.82 Å². The zero-order chi connectivity index (χ0) is 12.3. The Balaban J connectivity index is 1.87. The van der Waals surface area contributed by atoms with Gasteiger partial charge in [-0.3, -0.25) is 5.43 Å². The average Bonchev–Trinajstić information content (AvgIpc) is 2.33. The molecule has 0 unspecified atom stereocenters. The molecule has 0 aromatic heterocycles. The summed E-state index contributed by atoms with van der Waals surface area (Å²) in [5.41, 5.74) is 3.84. The number of rotatable bonds is 3. The van der Waals surface area contributed by atoms with Crippen molar-refractivity contribution in [2.75, 3.05) is 33.2 Å². The lowest BCUT2D eigenvalue weighted by atomic mass is 10.2. The minimum absolute atomic E-state index is 0.183. The van der Waals surface area contributed by atoms with Gasteiger partial charge in [0.25, 0.3) is 0 Å². The molecule has 1 fully saturated rings. The average molecular weight is 258 g/mol. The summed E-state index contributed by atoms with van der Waals surface area (Å²) >= 11 is 5.73. The molecule has 1 N–H and O–H groups in total. The molecule has 1 aliphatic rings. The first kappa shape index (κ1) is 12.8. The molecule has 0 atom stereocenters. The first-order valence-electron chi connectivity index (χ1n) is 5.76. The van der Waals surface area contributed by atoms with Crippen molar-refractivity contribution in [3.63, 3.8) is 0 Å². The van der Waals surface area contributed by atoms with Gasteiger partial charge in [0.15, 0.2) is 0 Å². The van der Waals surface area contributed by atoms with Gasteiger partial charge in [-0.25, -0.2) is 9.40 Å². The Hall–Kier alpha value is -0.680. The van der Waals surface area contributed by atoms with Crippen LogP contribution in [0, 0.1) is 5.82 Å². The minimum Gasteiger partial charge on any atom is -0.304 e. The number of nitrogens with zero attached hydrogens (tertiary/aromatic N) is 2. The third-order valence-corrected chi connectivity index (χ3v) is 3.32. The Labute approximate surface area is 106 Å². The summed E-state index contributed by atoms with van der Waals surface area (Å²) < 4.78 is 13.6. The largest absolute Gasteiger partial charge is 0.304 e. The van der Waals surface area contributed by atoms with E-state index in [4.69, 9.17) is 11.6 Å². The standard InChI is InChI=1S/C12H17ClFN3/c1-16-5-7-17(8-6-16)15-9-10-3-2-4-11(13)12(10)14/h2-4,15H,5-9H2,1H3. The predicted molar refractivity (Wildman–Crippen MR) is 67.3 cm³/mol. The molecule has 94 valence electrons. The second-order valence-electron chi connectivity index (χ2n) is 4.34. The number of piperazine rings is 1. The van der Waals surface area contributed by atoms with Crippen molar-refractivity contribution in [1.29, 1.82) is 0 Å². The van der Waals surface area contributed by atoms with E-state index in [0.717, 1.165) is 26.2 Å². The second-order valence-corrected chi connectivity index (χ2v) is 4.75. The first-order chi connectivity index (χ1) is 8.16. The Kier molecular flexibility index (Phi) is 4.34. The molecule has 3 nitrogen and oxygen atoms in total. The molecule has 0 amide bonds. The summed E-state index contributed by atoms with van der Waals surface area (Å²) in [6.07, 6.45) is 0. The van der Waals surface area contributed by atoms with Gasteiger partial charge >= 0.3 is 0 Å². The third-order valence-electron chi connectivity index (χ3n) is 3.03. The number of halogens is 2. The number of hydrazine groups is 1. The van der Waals surface area contributed by atoms with Crippen molar-refractivity contribution < 1.29 is 4.39 Å². The maximum atomic E-state index is 13.6. The molecule has 0 spiro atoms. The number of hydrogen-bond donors (Lipinski definition) is 1. The van der Waals surface area contributed by atoms with Crippen molar-refractivity contribution >= 4 is 11.6 Å². The smallest absolute Gasteiger partial charge is 0.146 e. The summed E-state index contributed by atoms with van der Waals surface area (Å²) in [4.78, 5) is 2.28. The third kappa shape index (κ3) is 3.39. The molecule has 2 rings (SSSR count). The van der Waals surface area contributed by atoms with Gasteiger partial charge in [0.2, 0.25) is 0 Å². The maximum Gasteiger partial charge on any atom is 0.146 e. The van der Waals surface area contributed by atoms with Crippen LogP contribution in [0.3, 0.4) is 0 Å². The lowest BCUT2D eigenvalue weighted by molar-refractivity contribution is 0.102. The highest BCUT2D eigenvalue weighted by molar-refractivity contribution is 6.30. The van der Waals surface area contributed by atoms with Gasteiger partial charge in [0.05, 0.1) is 5.02 Å². The van der Waals surface area contributed by atoms with Gasteiger partial charge < -0.3 is 4.90 Å². The van der Waals surface area contributed by atoms with Gasteiger partial charge in [0, 0.05) is 38.3 Å². The molecule has 1 heterocycles. The molecule has 5 heteroatoms. The van der Waals surface area contributed by atoms with E-state index in [1.807, 2.05) is 0 Å². The zero-order valence-electron chi connectivity index (χ0n) is 9.92. The van der Waals surface area contributed by atoms with E-state index in [9.17, 15) is 4.39 Å². The van der Waals surface area contributed by atoms with Gasteiger partial charge in [-0.1, -0.05) is 23.7 Å². The number of likely N-dealkylation sites (N-methyl/N-ethyl adjacent to an activating group) is 1. The Morgan fingerprint density at radius 2 is 2.00 bits per heavy atom. The molecular formula is C12H17ClFN3. The maximum absolute atomic E-state index is 13.6. The highest BCUT2D eigenvalue weighted by Gasteiger charge is 2.14. The molecule has 0 radical (unpaired) electrons. The molecule has 1 aliphatic heterocycles. The van der Waals surface area contributed by atoms with Crippen molar-refractivity contribution in [1.82, 2.24) is 15.3 Å². The van der Waals surface area contributed by atoms with E-state index in [2.05, 4.69) is 22.4 Å². The van der Waals surface area contributed by atoms with Crippen molar-refractivity contribution in [3.05, 3.63) is 34.6 Å². The molecular weight excluding hydrogens is 241 g/mol. The Bertz CT molecular complexity index is 378. The van der Waals surface area contributed by atoms with Gasteiger partial charge in [-0.05, 0) is 13.1 Å². The Morgan fingerprint density at radius 1 is 1.29 bits per heavy atom. The molecule has 0 saturated carbocycles. The van der Waals surface area contributed by atoms with Crippen LogP contribution in [-0.4, -0.2) is 43.1 Å². The van der Waals surface area contributed by atoms with Crippen molar-refractivity contribution in [3.8, 4) is 0 Å². The first-order valence-corrected chi connectivity index (χ1v) is 6.14. The van der Waals surface area contributed by atoms with Crippen LogP contribution in [0.15, 0.2) is 18.2 Å². The molecule has 1 aromatic carbocycles. The van der Waals surface area contributed by atoms with Crippen molar-refractivity contribution in [2.24, 2.45) is 0 Å². The summed E-state index contributed by atoms with van der Waals surface area (Å²) in [5.74, 6) is -0.323. The van der Waals surface area contributed by atoms with Crippen LogP contribution in [0.4, 0.5) is 4.39 Å². The second kappa shape index (κ2) is 5.78. The normalized spacial score (nSPS) is 18.5. The SMILES string of the molecule is CN1CCN(NCc2cccc(Cl)c2F)CC1. The summed E-state index contributed by atoms with van der Waals surface area (Å²) in [5, 5.41) is 2.31. The van der Waals surface area contributed by atoms with E-state index in [0.29, 0.717) is 12.1 Å². The highest BCUT2D eigenvalue weighted by atomic mass is 35.5. The fourth-order valence-electron chi connectivity index (χ4n) is 1.85. The van der Waals surface area contributed by atoms with Crippen LogP contribution in [0.5, 0.6) is 0 Å². The molecule has 1 saturated heterocycles. The van der Waals surface area contributed by atoms with Crippen LogP contribution in [0.2, 0.25) is 5.02 Å². The Morgan fingerprint density at radius 3 is 2.71 bits per heavy atom. The molecule has 1 aromatic rings. The topological polar surface area (TPSA) is 18.5 Å². The minimum atomic E-state index is -0.323. The molecule has 17 heavy (non-hydrogen) atoms. The quantitative estimate of drug-likeness (QED) is 0.890. The lowest BCUT2D eigenvalue weighted by Gasteiger charge is -2.32. The number of benzene rings is 1. The fraction of sp³-hybridized carbons (Fsp3) is 0.500. The van der Waals surface area contributed by atoms with Crippen LogP contribution in [0.1, 0.15) is 5.56 Å². The zero-order valence-corrected chi connectivity index (χ0v) is 10.7. The fourth-order valence-corrected chi connectivity index (χ4v) is 2.04. The van der Waals surface area contributed by atoms with E-state index < -0.39 is 0 Å². The van der Waals surface area contributed by atoms with Gasteiger partial charge in [-0.2, -0.15) is 0 Å². The van der Waals surface area contributed by atoms with Crippen LogP contribution in [0.25, 0.3) is 0 Å². The number of hydrogen-bond acceptors (Lipinski definition) is 3. The summed E-state index contributed by atoms with van der Waals surface area (Å²) in [6, 6.07) is 5.09. The van der Waals surface area contributed by atoms with Crippen LogP contribution < -0.4 is 5.43 Å². The predicted octanol–water partition coefficient (Wildman–Crippen LogP) is 1.73.